The van der Waals surface area contributed by atoms with Gasteiger partial charge in [-0.3, -0.25) is 4.79 Å². The van der Waals surface area contributed by atoms with E-state index in [-0.39, 0.29) is 12.5 Å². The highest BCUT2D eigenvalue weighted by molar-refractivity contribution is 9.10. The highest BCUT2D eigenvalue weighted by atomic mass is 79.9. The molecule has 0 saturated heterocycles. The summed E-state index contributed by atoms with van der Waals surface area (Å²) in [6.45, 7) is 2.41. The molecule has 0 bridgehead atoms. The number of rotatable bonds is 6. The molecule has 0 aliphatic rings. The van der Waals surface area contributed by atoms with Crippen molar-refractivity contribution in [2.75, 3.05) is 0 Å². The van der Waals surface area contributed by atoms with E-state index in [1.54, 1.807) is 0 Å². The number of hydrogen-bond donors (Lipinski definition) is 1. The van der Waals surface area contributed by atoms with Gasteiger partial charge >= 0.3 is 5.97 Å². The van der Waals surface area contributed by atoms with Gasteiger partial charge in [0.05, 0.1) is 12.7 Å². The molecule has 3 nitrogen and oxygen atoms in total. The van der Waals surface area contributed by atoms with E-state index in [0.717, 1.165) is 10.0 Å². The maximum Gasteiger partial charge on any atom is 0.303 e. The standard InChI is InChI=1S/C12H15BrO3/c1-9(2-7-12(14)15)16-8-10-3-5-11(13)6-4-10/h3-6,9H,2,7-8H2,1H3,(H,14,15). The van der Waals surface area contributed by atoms with Crippen LogP contribution in [-0.2, 0) is 16.1 Å². The molecule has 1 atom stereocenters. The predicted octanol–water partition coefficient (Wildman–Crippen LogP) is 3.22. The topological polar surface area (TPSA) is 46.5 Å². The third kappa shape index (κ3) is 5.28. The van der Waals surface area contributed by atoms with Crippen LogP contribution in [0.15, 0.2) is 28.7 Å². The van der Waals surface area contributed by atoms with E-state index in [1.807, 2.05) is 31.2 Å². The molecule has 88 valence electrons. The molecule has 0 fully saturated rings. The van der Waals surface area contributed by atoms with Crippen LogP contribution in [0, 0.1) is 0 Å². The van der Waals surface area contributed by atoms with E-state index in [2.05, 4.69) is 15.9 Å². The van der Waals surface area contributed by atoms with E-state index in [0.29, 0.717) is 13.0 Å². The molecule has 16 heavy (non-hydrogen) atoms. The van der Waals surface area contributed by atoms with Crippen LogP contribution in [0.5, 0.6) is 0 Å². The summed E-state index contributed by atoms with van der Waals surface area (Å²) in [5.41, 5.74) is 1.09. The molecule has 4 heteroatoms. The van der Waals surface area contributed by atoms with Crippen molar-refractivity contribution in [3.63, 3.8) is 0 Å². The van der Waals surface area contributed by atoms with Crippen LogP contribution >= 0.6 is 15.9 Å². The van der Waals surface area contributed by atoms with Crippen LogP contribution < -0.4 is 0 Å². The summed E-state index contributed by atoms with van der Waals surface area (Å²) < 4.78 is 6.58. The Morgan fingerprint density at radius 2 is 2.06 bits per heavy atom. The lowest BCUT2D eigenvalue weighted by Gasteiger charge is -2.11. The van der Waals surface area contributed by atoms with Crippen molar-refractivity contribution in [2.45, 2.75) is 32.5 Å². The maximum absolute atomic E-state index is 10.4. The molecule has 1 rings (SSSR count). The SMILES string of the molecule is CC(CCC(=O)O)OCc1ccc(Br)cc1. The first-order valence-corrected chi connectivity index (χ1v) is 5.95. The molecule has 0 spiro atoms. The third-order valence-electron chi connectivity index (χ3n) is 2.21. The second kappa shape index (κ2) is 6.66. The molecular weight excluding hydrogens is 272 g/mol. The average Bonchev–Trinajstić information content (AvgIpc) is 2.25. The van der Waals surface area contributed by atoms with Gasteiger partial charge in [-0.15, -0.1) is 0 Å². The van der Waals surface area contributed by atoms with Gasteiger partial charge in [-0.2, -0.15) is 0 Å². The van der Waals surface area contributed by atoms with E-state index in [1.165, 1.54) is 0 Å². The normalized spacial score (nSPS) is 12.4. The van der Waals surface area contributed by atoms with Crippen LogP contribution in [0.25, 0.3) is 0 Å². The fourth-order valence-corrected chi connectivity index (χ4v) is 1.49. The first-order chi connectivity index (χ1) is 7.58. The molecule has 0 radical (unpaired) electrons. The van der Waals surface area contributed by atoms with Gasteiger partial charge in [0.1, 0.15) is 0 Å². The monoisotopic (exact) mass is 286 g/mol. The summed E-state index contributed by atoms with van der Waals surface area (Å²) in [4.78, 5) is 10.4. The zero-order chi connectivity index (χ0) is 12.0. The molecule has 0 aliphatic carbocycles. The van der Waals surface area contributed by atoms with Crippen LogP contribution in [0.4, 0.5) is 0 Å². The highest BCUT2D eigenvalue weighted by Gasteiger charge is 2.05. The fraction of sp³-hybridized carbons (Fsp3) is 0.417. The minimum atomic E-state index is -0.779. The Balaban J connectivity index is 2.28. The Kier molecular flexibility index (Phi) is 5.49. The van der Waals surface area contributed by atoms with Crippen LogP contribution in [0.1, 0.15) is 25.3 Å². The lowest BCUT2D eigenvalue weighted by molar-refractivity contribution is -0.137. The smallest absolute Gasteiger partial charge is 0.303 e. The minimum absolute atomic E-state index is 0.0280. The zero-order valence-corrected chi connectivity index (χ0v) is 10.7. The van der Waals surface area contributed by atoms with E-state index in [9.17, 15) is 4.79 Å². The Morgan fingerprint density at radius 3 is 2.62 bits per heavy atom. The predicted molar refractivity (Wildman–Crippen MR) is 65.3 cm³/mol. The number of carboxylic acids is 1. The molecule has 0 aliphatic heterocycles. The van der Waals surface area contributed by atoms with Crippen molar-refractivity contribution in [1.82, 2.24) is 0 Å². The minimum Gasteiger partial charge on any atom is -0.481 e. The van der Waals surface area contributed by atoms with Crippen molar-refractivity contribution >= 4 is 21.9 Å². The van der Waals surface area contributed by atoms with Gasteiger partial charge in [-0.1, -0.05) is 28.1 Å². The number of carbonyl (C=O) groups is 1. The molecule has 1 unspecified atom stereocenters. The highest BCUT2D eigenvalue weighted by Crippen LogP contribution is 2.12. The maximum atomic E-state index is 10.4. The average molecular weight is 287 g/mol. The number of aliphatic carboxylic acids is 1. The van der Waals surface area contributed by atoms with Crippen molar-refractivity contribution in [2.24, 2.45) is 0 Å². The Labute approximate surface area is 104 Å². The molecule has 1 aromatic rings. The first kappa shape index (κ1) is 13.2. The number of hydrogen-bond acceptors (Lipinski definition) is 2. The molecular formula is C12H15BrO3. The van der Waals surface area contributed by atoms with Gasteiger partial charge < -0.3 is 9.84 Å². The summed E-state index contributed by atoms with van der Waals surface area (Å²) in [7, 11) is 0. The molecule has 0 saturated carbocycles. The number of benzene rings is 1. The third-order valence-corrected chi connectivity index (χ3v) is 2.74. The molecule has 1 aromatic carbocycles. The summed E-state index contributed by atoms with van der Waals surface area (Å²) >= 11 is 3.36. The molecule has 0 heterocycles. The van der Waals surface area contributed by atoms with Gasteiger partial charge in [0, 0.05) is 10.9 Å². The van der Waals surface area contributed by atoms with Crippen molar-refractivity contribution in [3.05, 3.63) is 34.3 Å². The number of carboxylic acid groups (broad SMARTS) is 1. The Bertz CT molecular complexity index is 335. The summed E-state index contributed by atoms with van der Waals surface area (Å²) in [6, 6.07) is 7.88. The van der Waals surface area contributed by atoms with Crippen molar-refractivity contribution in [3.8, 4) is 0 Å². The molecule has 1 N–H and O–H groups in total. The Hall–Kier alpha value is -0.870. The first-order valence-electron chi connectivity index (χ1n) is 5.16. The van der Waals surface area contributed by atoms with Gasteiger partial charge in [-0.05, 0) is 31.0 Å². The zero-order valence-electron chi connectivity index (χ0n) is 9.15. The summed E-state index contributed by atoms with van der Waals surface area (Å²) in [5, 5.41) is 8.52. The van der Waals surface area contributed by atoms with E-state index >= 15 is 0 Å². The molecule has 0 aromatic heterocycles. The summed E-state index contributed by atoms with van der Waals surface area (Å²) in [6.07, 6.45) is 0.674. The van der Waals surface area contributed by atoms with Gasteiger partial charge in [0.15, 0.2) is 0 Å². The van der Waals surface area contributed by atoms with Gasteiger partial charge in [0.25, 0.3) is 0 Å². The van der Waals surface area contributed by atoms with E-state index < -0.39 is 5.97 Å². The second-order valence-corrected chi connectivity index (χ2v) is 4.60. The van der Waals surface area contributed by atoms with Crippen molar-refractivity contribution < 1.29 is 14.6 Å². The summed E-state index contributed by atoms with van der Waals surface area (Å²) in [5.74, 6) is -0.779. The lowest BCUT2D eigenvalue weighted by Crippen LogP contribution is -2.10. The Morgan fingerprint density at radius 1 is 1.44 bits per heavy atom. The van der Waals surface area contributed by atoms with Crippen LogP contribution in [0.3, 0.4) is 0 Å². The van der Waals surface area contributed by atoms with Crippen molar-refractivity contribution in [1.29, 1.82) is 0 Å². The lowest BCUT2D eigenvalue weighted by atomic mass is 10.2. The number of ether oxygens (including phenoxy) is 1. The van der Waals surface area contributed by atoms with Crippen LogP contribution in [-0.4, -0.2) is 17.2 Å². The van der Waals surface area contributed by atoms with Crippen LogP contribution in [0.2, 0.25) is 0 Å². The van der Waals surface area contributed by atoms with Gasteiger partial charge in [-0.25, -0.2) is 0 Å². The quantitative estimate of drug-likeness (QED) is 0.873. The fourth-order valence-electron chi connectivity index (χ4n) is 1.23. The van der Waals surface area contributed by atoms with Gasteiger partial charge in [0.2, 0.25) is 0 Å². The van der Waals surface area contributed by atoms with E-state index in [4.69, 9.17) is 9.84 Å². The second-order valence-electron chi connectivity index (χ2n) is 3.68. The molecule has 0 amide bonds. The number of halogens is 1. The largest absolute Gasteiger partial charge is 0.481 e.